The van der Waals surface area contributed by atoms with Crippen molar-refractivity contribution in [3.05, 3.63) is 22.7 Å². The van der Waals surface area contributed by atoms with Crippen LogP contribution in [0.1, 0.15) is 0 Å². The van der Waals surface area contributed by atoms with E-state index in [4.69, 9.17) is 18.9 Å². The van der Waals surface area contributed by atoms with Gasteiger partial charge in [0.2, 0.25) is 5.79 Å². The maximum Gasteiger partial charge on any atom is 0.205 e. The highest BCUT2D eigenvalue weighted by molar-refractivity contribution is 9.11. The molecule has 2 aliphatic heterocycles. The maximum atomic E-state index is 6.06. The number of hydrogen-bond acceptors (Lipinski definition) is 4. The molecule has 114 valence electrons. The van der Waals surface area contributed by atoms with Crippen molar-refractivity contribution in [3.8, 4) is 0 Å². The van der Waals surface area contributed by atoms with Crippen LogP contribution in [0.4, 0.5) is 0 Å². The van der Waals surface area contributed by atoms with Gasteiger partial charge < -0.3 is 18.9 Å². The van der Waals surface area contributed by atoms with Crippen LogP contribution in [0.25, 0.3) is 0 Å². The monoisotopic (exact) mass is 418 g/mol. The summed E-state index contributed by atoms with van der Waals surface area (Å²) in [6.45, 7) is 2.67. The number of rotatable bonds is 1. The van der Waals surface area contributed by atoms with Crippen LogP contribution in [0, 0.1) is 23.7 Å². The summed E-state index contributed by atoms with van der Waals surface area (Å²) in [4.78, 5) is 0. The van der Waals surface area contributed by atoms with Gasteiger partial charge in [-0.25, -0.2) is 0 Å². The molecule has 0 aromatic carbocycles. The highest BCUT2D eigenvalue weighted by Gasteiger charge is 2.72. The van der Waals surface area contributed by atoms with Gasteiger partial charge in [0, 0.05) is 17.8 Å². The number of alkyl halides is 1. The highest BCUT2D eigenvalue weighted by Crippen LogP contribution is 2.69. The zero-order chi connectivity index (χ0) is 14.2. The molecule has 3 fully saturated rings. The predicted molar refractivity (Wildman–Crippen MR) is 82.1 cm³/mol. The van der Waals surface area contributed by atoms with Gasteiger partial charge in [0.15, 0.2) is 6.29 Å². The fourth-order valence-electron chi connectivity index (χ4n) is 4.86. The fraction of sp³-hybridized carbons (Fsp3) is 0.733. The van der Waals surface area contributed by atoms with Gasteiger partial charge in [0.25, 0.3) is 0 Å². The molecule has 2 bridgehead atoms. The summed E-state index contributed by atoms with van der Waals surface area (Å²) >= 11 is 7.69. The molecule has 2 saturated heterocycles. The Morgan fingerprint density at radius 3 is 2.48 bits per heavy atom. The van der Waals surface area contributed by atoms with E-state index in [2.05, 4.69) is 50.1 Å². The van der Waals surface area contributed by atoms with E-state index >= 15 is 0 Å². The number of hydrogen-bond donors (Lipinski definition) is 0. The van der Waals surface area contributed by atoms with Crippen LogP contribution < -0.4 is 0 Å². The lowest BCUT2D eigenvalue weighted by Crippen LogP contribution is -2.42. The van der Waals surface area contributed by atoms with Crippen LogP contribution in [-0.4, -0.2) is 42.8 Å². The van der Waals surface area contributed by atoms with Crippen LogP contribution in [0.2, 0.25) is 0 Å². The van der Waals surface area contributed by atoms with Crippen molar-refractivity contribution in [2.45, 2.75) is 16.4 Å². The largest absolute Gasteiger partial charge is 0.350 e. The van der Waals surface area contributed by atoms with E-state index in [0.29, 0.717) is 38.3 Å². The Labute approximate surface area is 140 Å². The molecule has 0 radical (unpaired) electrons. The topological polar surface area (TPSA) is 36.9 Å². The predicted octanol–water partition coefficient (Wildman–Crippen LogP) is 2.58. The minimum absolute atomic E-state index is 0.130. The van der Waals surface area contributed by atoms with E-state index in [1.165, 1.54) is 0 Å². The van der Waals surface area contributed by atoms with Gasteiger partial charge in [0.05, 0.1) is 35.2 Å². The summed E-state index contributed by atoms with van der Waals surface area (Å²) in [6.07, 6.45) is 6.69. The average molecular weight is 420 g/mol. The molecule has 0 amide bonds. The van der Waals surface area contributed by atoms with E-state index < -0.39 is 5.79 Å². The Morgan fingerprint density at radius 2 is 1.76 bits per heavy atom. The summed E-state index contributed by atoms with van der Waals surface area (Å²) in [5.41, 5.74) is 0. The second-order valence-corrected chi connectivity index (χ2v) is 8.56. The van der Waals surface area contributed by atoms with Crippen molar-refractivity contribution in [1.82, 2.24) is 0 Å². The smallest absolute Gasteiger partial charge is 0.205 e. The van der Waals surface area contributed by atoms with Crippen LogP contribution in [0.5, 0.6) is 0 Å². The van der Waals surface area contributed by atoms with Crippen LogP contribution in [0.15, 0.2) is 22.7 Å². The fourth-order valence-corrected chi connectivity index (χ4v) is 6.73. The molecule has 5 aliphatic rings. The van der Waals surface area contributed by atoms with Gasteiger partial charge >= 0.3 is 0 Å². The average Bonchev–Trinajstić information content (AvgIpc) is 3.22. The van der Waals surface area contributed by atoms with E-state index in [1.807, 2.05) is 0 Å². The zero-order valence-electron chi connectivity index (χ0n) is 11.3. The highest BCUT2D eigenvalue weighted by atomic mass is 79.9. The molecule has 1 saturated carbocycles. The molecule has 21 heavy (non-hydrogen) atoms. The maximum absolute atomic E-state index is 6.06. The molecule has 2 heterocycles. The van der Waals surface area contributed by atoms with Crippen molar-refractivity contribution >= 4 is 31.9 Å². The van der Waals surface area contributed by atoms with Gasteiger partial charge in [0.1, 0.15) is 0 Å². The number of ether oxygens (including phenoxy) is 4. The Bertz CT molecular complexity index is 536. The molecule has 0 unspecified atom stereocenters. The lowest BCUT2D eigenvalue weighted by atomic mass is 9.82. The lowest BCUT2D eigenvalue weighted by molar-refractivity contribution is -0.168. The lowest BCUT2D eigenvalue weighted by Gasteiger charge is -2.35. The van der Waals surface area contributed by atoms with Gasteiger partial charge in [-0.05, 0) is 5.92 Å². The molecule has 0 aromatic rings. The first kappa shape index (κ1) is 13.7. The molecular formula is C15H16Br2O4. The van der Waals surface area contributed by atoms with Gasteiger partial charge in [-0.1, -0.05) is 50.1 Å². The second kappa shape index (κ2) is 4.42. The third kappa shape index (κ3) is 1.54. The van der Waals surface area contributed by atoms with E-state index in [0.717, 1.165) is 4.48 Å². The van der Waals surface area contributed by atoms with Crippen molar-refractivity contribution < 1.29 is 18.9 Å². The number of fused-ring (bicyclic) bond motifs is 6. The summed E-state index contributed by atoms with van der Waals surface area (Å²) < 4.78 is 24.7. The summed E-state index contributed by atoms with van der Waals surface area (Å²) in [6, 6.07) is 0. The molecule has 5 rings (SSSR count). The molecule has 5 atom stereocenters. The summed E-state index contributed by atoms with van der Waals surface area (Å²) in [5.74, 6) is 0.611. The number of allylic oxidation sites excluding steroid dienone is 3. The Hall–Kier alpha value is 0.280. The van der Waals surface area contributed by atoms with Gasteiger partial charge in [-0.15, -0.1) is 0 Å². The van der Waals surface area contributed by atoms with Crippen molar-refractivity contribution in [2.24, 2.45) is 23.7 Å². The Balaban J connectivity index is 1.58. The van der Waals surface area contributed by atoms with Crippen LogP contribution >= 0.6 is 31.9 Å². The van der Waals surface area contributed by atoms with Crippen LogP contribution in [0.3, 0.4) is 0 Å². The molecule has 1 spiro atoms. The molecule has 4 nitrogen and oxygen atoms in total. The number of halogens is 2. The molecule has 0 aromatic heterocycles. The van der Waals surface area contributed by atoms with Crippen molar-refractivity contribution in [1.29, 1.82) is 0 Å². The quantitative estimate of drug-likeness (QED) is 0.483. The first-order valence-electron chi connectivity index (χ1n) is 7.44. The first-order valence-corrected chi connectivity index (χ1v) is 9.03. The zero-order valence-corrected chi connectivity index (χ0v) is 14.5. The normalized spacial score (nSPS) is 50.3. The molecular weight excluding hydrogens is 404 g/mol. The Morgan fingerprint density at radius 1 is 1.05 bits per heavy atom. The first-order chi connectivity index (χ1) is 10.2. The minimum Gasteiger partial charge on any atom is -0.350 e. The summed E-state index contributed by atoms with van der Waals surface area (Å²) in [5, 5.41) is 0. The van der Waals surface area contributed by atoms with Crippen molar-refractivity contribution in [3.63, 3.8) is 0 Å². The van der Waals surface area contributed by atoms with Gasteiger partial charge in [-0.3, -0.25) is 0 Å². The van der Waals surface area contributed by atoms with E-state index in [-0.39, 0.29) is 22.5 Å². The van der Waals surface area contributed by atoms with Gasteiger partial charge in [-0.2, -0.15) is 0 Å². The SMILES string of the molecule is BrC1=C[C@@H]2[C@H]([C@@H]3C=C[C@@]2(Br)[C@H]3C2OCCO2)C12OCCO2. The third-order valence-electron chi connectivity index (χ3n) is 5.57. The van der Waals surface area contributed by atoms with Crippen molar-refractivity contribution in [2.75, 3.05) is 26.4 Å². The minimum atomic E-state index is -0.605. The molecule has 6 heteroatoms. The standard InChI is InChI=1S/C15H16Br2O4/c16-10-7-9-11(15(10)20-5-6-21-15)8-1-2-14(9,17)12(8)13-18-3-4-19-13/h1-2,7-9,11-13H,3-6H2/t8-,9+,11-,12+,14-/m0/s1. The molecule has 0 N–H and O–H groups in total. The Kier molecular flexibility index (Phi) is 2.88. The third-order valence-corrected chi connectivity index (χ3v) is 7.71. The second-order valence-electron chi connectivity index (χ2n) is 6.33. The van der Waals surface area contributed by atoms with Crippen LogP contribution in [-0.2, 0) is 18.9 Å². The molecule has 3 aliphatic carbocycles. The van der Waals surface area contributed by atoms with E-state index in [9.17, 15) is 0 Å². The van der Waals surface area contributed by atoms with E-state index in [1.54, 1.807) is 0 Å². The summed E-state index contributed by atoms with van der Waals surface area (Å²) in [7, 11) is 0.